The van der Waals surface area contributed by atoms with Crippen LogP contribution in [0.2, 0.25) is 0 Å². The molecule has 0 atom stereocenters. The molecule has 0 saturated carbocycles. The molecular formula is C13H12F3N3. The van der Waals surface area contributed by atoms with Crippen LogP contribution in [0.4, 0.5) is 13.2 Å². The number of benzene rings is 1. The van der Waals surface area contributed by atoms with Gasteiger partial charge < -0.3 is 0 Å². The van der Waals surface area contributed by atoms with Gasteiger partial charge >= 0.3 is 6.18 Å². The SMILES string of the molecule is C=CN=C(C)c1c(C(F)(F)F)c(C)cc2[nH]ncc12. The van der Waals surface area contributed by atoms with Crippen LogP contribution in [0.3, 0.4) is 0 Å². The van der Waals surface area contributed by atoms with Gasteiger partial charge in [0, 0.05) is 22.9 Å². The Morgan fingerprint density at radius 3 is 2.74 bits per heavy atom. The van der Waals surface area contributed by atoms with Crippen LogP contribution in [0.1, 0.15) is 23.6 Å². The Balaban J connectivity index is 2.93. The van der Waals surface area contributed by atoms with Crippen molar-refractivity contribution in [1.29, 1.82) is 0 Å². The van der Waals surface area contributed by atoms with E-state index in [2.05, 4.69) is 21.8 Å². The summed E-state index contributed by atoms with van der Waals surface area (Å²) < 4.78 is 39.7. The smallest absolute Gasteiger partial charge is 0.278 e. The highest BCUT2D eigenvalue weighted by molar-refractivity contribution is 6.11. The van der Waals surface area contributed by atoms with Gasteiger partial charge in [0.15, 0.2) is 0 Å². The van der Waals surface area contributed by atoms with Crippen molar-refractivity contribution in [2.75, 3.05) is 0 Å². The second-order valence-corrected chi connectivity index (χ2v) is 4.17. The fourth-order valence-corrected chi connectivity index (χ4v) is 2.17. The second kappa shape index (κ2) is 4.53. The van der Waals surface area contributed by atoms with Gasteiger partial charge in [0.2, 0.25) is 0 Å². The number of rotatable bonds is 2. The van der Waals surface area contributed by atoms with Crippen molar-refractivity contribution in [3.8, 4) is 0 Å². The van der Waals surface area contributed by atoms with Gasteiger partial charge in [0.05, 0.1) is 17.3 Å². The van der Waals surface area contributed by atoms with Crippen molar-refractivity contribution < 1.29 is 13.2 Å². The quantitative estimate of drug-likeness (QED) is 0.825. The van der Waals surface area contributed by atoms with Gasteiger partial charge in [-0.25, -0.2) is 0 Å². The third-order valence-electron chi connectivity index (χ3n) is 2.87. The molecule has 0 amide bonds. The molecule has 0 fully saturated rings. The maximum atomic E-state index is 13.2. The zero-order valence-electron chi connectivity index (χ0n) is 10.5. The zero-order chi connectivity index (χ0) is 14.2. The van der Waals surface area contributed by atoms with Crippen molar-refractivity contribution in [3.05, 3.63) is 41.7 Å². The Kier molecular flexibility index (Phi) is 3.18. The Bertz CT molecular complexity index is 666. The molecule has 0 radical (unpaired) electrons. The van der Waals surface area contributed by atoms with Crippen LogP contribution in [0, 0.1) is 6.92 Å². The van der Waals surface area contributed by atoms with Gasteiger partial charge in [-0.1, -0.05) is 6.58 Å². The number of halogens is 3. The fraction of sp³-hybridized carbons (Fsp3) is 0.231. The summed E-state index contributed by atoms with van der Waals surface area (Å²) in [5.74, 6) is 0. The summed E-state index contributed by atoms with van der Waals surface area (Å²) in [5.41, 5.74) is 0.329. The number of fused-ring (bicyclic) bond motifs is 1. The van der Waals surface area contributed by atoms with Crippen LogP contribution in [-0.4, -0.2) is 15.9 Å². The average molecular weight is 267 g/mol. The summed E-state index contributed by atoms with van der Waals surface area (Å²) in [4.78, 5) is 3.88. The third kappa shape index (κ3) is 2.25. The highest BCUT2D eigenvalue weighted by Crippen LogP contribution is 2.38. The predicted molar refractivity (Wildman–Crippen MR) is 68.2 cm³/mol. The van der Waals surface area contributed by atoms with E-state index in [0.29, 0.717) is 10.9 Å². The number of aromatic nitrogens is 2. The lowest BCUT2D eigenvalue weighted by Gasteiger charge is -2.16. The van der Waals surface area contributed by atoms with Crippen molar-refractivity contribution >= 4 is 16.6 Å². The molecule has 1 heterocycles. The minimum atomic E-state index is -4.44. The van der Waals surface area contributed by atoms with E-state index in [-0.39, 0.29) is 16.8 Å². The number of hydrogen-bond acceptors (Lipinski definition) is 2. The molecule has 100 valence electrons. The van der Waals surface area contributed by atoms with Crippen molar-refractivity contribution in [2.45, 2.75) is 20.0 Å². The van der Waals surface area contributed by atoms with E-state index in [1.165, 1.54) is 32.3 Å². The van der Waals surface area contributed by atoms with Gasteiger partial charge in [-0.2, -0.15) is 18.3 Å². The Labute approximate surface area is 107 Å². The number of alkyl halides is 3. The predicted octanol–water partition coefficient (Wildman–Crippen LogP) is 3.84. The van der Waals surface area contributed by atoms with Crippen LogP contribution in [0.5, 0.6) is 0 Å². The number of aromatic amines is 1. The van der Waals surface area contributed by atoms with Gasteiger partial charge in [-0.3, -0.25) is 10.1 Å². The first-order valence-electron chi connectivity index (χ1n) is 5.55. The molecule has 0 bridgehead atoms. The molecule has 0 spiro atoms. The molecule has 1 aromatic heterocycles. The normalized spacial score (nSPS) is 13.0. The van der Waals surface area contributed by atoms with Gasteiger partial charge in [0.1, 0.15) is 0 Å². The van der Waals surface area contributed by atoms with E-state index < -0.39 is 11.7 Å². The minimum Gasteiger partial charge on any atom is -0.278 e. The first kappa shape index (κ1) is 13.3. The number of aryl methyl sites for hydroxylation is 1. The maximum absolute atomic E-state index is 13.2. The molecule has 19 heavy (non-hydrogen) atoms. The van der Waals surface area contributed by atoms with E-state index >= 15 is 0 Å². The summed E-state index contributed by atoms with van der Waals surface area (Å²) in [5, 5.41) is 6.88. The lowest BCUT2D eigenvalue weighted by Crippen LogP contribution is -2.14. The molecule has 0 aliphatic rings. The molecule has 2 rings (SSSR count). The van der Waals surface area contributed by atoms with E-state index in [1.807, 2.05) is 0 Å². The third-order valence-corrected chi connectivity index (χ3v) is 2.87. The summed E-state index contributed by atoms with van der Waals surface area (Å²) in [7, 11) is 0. The Morgan fingerprint density at radius 2 is 2.16 bits per heavy atom. The van der Waals surface area contributed by atoms with Crippen LogP contribution >= 0.6 is 0 Å². The topological polar surface area (TPSA) is 41.0 Å². The Morgan fingerprint density at radius 1 is 1.47 bits per heavy atom. The number of nitrogens with zero attached hydrogens (tertiary/aromatic N) is 2. The van der Waals surface area contributed by atoms with Gasteiger partial charge in [-0.05, 0) is 25.5 Å². The number of aliphatic imine (C=N–C) groups is 1. The molecule has 0 aliphatic carbocycles. The summed E-state index contributed by atoms with van der Waals surface area (Å²) in [6.07, 6.45) is -1.84. The molecule has 0 saturated heterocycles. The zero-order valence-corrected chi connectivity index (χ0v) is 10.5. The first-order valence-corrected chi connectivity index (χ1v) is 5.55. The van der Waals surface area contributed by atoms with Gasteiger partial charge in [0.25, 0.3) is 0 Å². The summed E-state index contributed by atoms with van der Waals surface area (Å²) in [6.45, 7) is 6.37. The van der Waals surface area contributed by atoms with Crippen LogP contribution in [0.15, 0.2) is 30.0 Å². The highest BCUT2D eigenvalue weighted by atomic mass is 19.4. The molecule has 2 aromatic rings. The number of hydrogen-bond donors (Lipinski definition) is 1. The first-order chi connectivity index (χ1) is 8.86. The van der Waals surface area contributed by atoms with Crippen molar-refractivity contribution in [2.24, 2.45) is 4.99 Å². The Hall–Kier alpha value is -2.11. The van der Waals surface area contributed by atoms with E-state index in [1.54, 1.807) is 0 Å². The van der Waals surface area contributed by atoms with Crippen LogP contribution < -0.4 is 0 Å². The highest BCUT2D eigenvalue weighted by Gasteiger charge is 2.37. The van der Waals surface area contributed by atoms with Crippen molar-refractivity contribution in [3.63, 3.8) is 0 Å². The summed E-state index contributed by atoms with van der Waals surface area (Å²) in [6, 6.07) is 1.44. The van der Waals surface area contributed by atoms with Crippen molar-refractivity contribution in [1.82, 2.24) is 10.2 Å². The number of nitrogens with one attached hydrogen (secondary N) is 1. The van der Waals surface area contributed by atoms with E-state index in [9.17, 15) is 13.2 Å². The maximum Gasteiger partial charge on any atom is 0.417 e. The van der Waals surface area contributed by atoms with Crippen LogP contribution in [0.25, 0.3) is 10.9 Å². The molecule has 6 heteroatoms. The average Bonchev–Trinajstić information content (AvgIpc) is 2.73. The minimum absolute atomic E-state index is 0.0520. The second-order valence-electron chi connectivity index (χ2n) is 4.17. The van der Waals surface area contributed by atoms with E-state index in [0.717, 1.165) is 0 Å². The monoisotopic (exact) mass is 267 g/mol. The molecule has 0 unspecified atom stereocenters. The molecule has 0 aliphatic heterocycles. The molecular weight excluding hydrogens is 255 g/mol. The van der Waals surface area contributed by atoms with Gasteiger partial charge in [-0.15, -0.1) is 0 Å². The lowest BCUT2D eigenvalue weighted by atomic mass is 9.95. The van der Waals surface area contributed by atoms with Crippen LogP contribution in [-0.2, 0) is 6.18 Å². The number of H-pyrrole nitrogens is 1. The standard InChI is InChI=1S/C13H12F3N3/c1-4-17-8(3)11-9-6-18-19-10(9)5-7(2)12(11)13(14,15)16/h4-6H,1H2,2-3H3,(H,18,19). The lowest BCUT2D eigenvalue weighted by molar-refractivity contribution is -0.138. The molecule has 1 N–H and O–H groups in total. The van der Waals surface area contributed by atoms with E-state index in [4.69, 9.17) is 0 Å². The molecule has 1 aromatic carbocycles. The fourth-order valence-electron chi connectivity index (χ4n) is 2.17. The largest absolute Gasteiger partial charge is 0.417 e. The summed E-state index contributed by atoms with van der Waals surface area (Å²) >= 11 is 0. The molecule has 3 nitrogen and oxygen atoms in total.